The lowest BCUT2D eigenvalue weighted by molar-refractivity contribution is 0.0696. The van der Waals surface area contributed by atoms with Crippen LogP contribution in [-0.2, 0) is 10.2 Å². The topological polar surface area (TPSA) is 71.4 Å². The summed E-state index contributed by atoms with van der Waals surface area (Å²) in [6, 6.07) is 1.62. The van der Waals surface area contributed by atoms with Crippen molar-refractivity contribution >= 4 is 39.4 Å². The van der Waals surface area contributed by atoms with E-state index >= 15 is 0 Å². The van der Waals surface area contributed by atoms with E-state index in [2.05, 4.69) is 0 Å². The smallest absolute Gasteiger partial charge is 0.335 e. The third kappa shape index (κ3) is 2.58. The van der Waals surface area contributed by atoms with Crippen LogP contribution < -0.4 is 0 Å². The minimum atomic E-state index is -5.06. The summed E-state index contributed by atoms with van der Waals surface area (Å²) in [6.45, 7) is 0. The van der Waals surface area contributed by atoms with Gasteiger partial charge in [-0.1, -0.05) is 23.2 Å². The fourth-order valence-corrected chi connectivity index (χ4v) is 2.54. The second-order valence-electron chi connectivity index (χ2n) is 2.51. The van der Waals surface area contributed by atoms with Crippen LogP contribution in [-0.4, -0.2) is 19.5 Å². The van der Waals surface area contributed by atoms with E-state index in [0.717, 1.165) is 12.1 Å². The Kier molecular flexibility index (Phi) is 3.22. The molecule has 0 radical (unpaired) electrons. The van der Waals surface area contributed by atoms with E-state index in [4.69, 9.17) is 28.3 Å². The average Bonchev–Trinajstić information content (AvgIpc) is 1.99. The summed E-state index contributed by atoms with van der Waals surface area (Å²) >= 11 is 10.8. The molecule has 0 fully saturated rings. The Hall–Kier alpha value is -0.850. The normalized spacial score (nSPS) is 11.4. The fraction of sp³-hybridized carbons (Fsp3) is 0. The van der Waals surface area contributed by atoms with Gasteiger partial charge in [-0.15, -0.1) is 3.89 Å². The number of benzene rings is 1. The molecule has 0 aliphatic rings. The molecule has 1 aromatic rings. The molecule has 0 amide bonds. The minimum absolute atomic E-state index is 0.322. The highest BCUT2D eigenvalue weighted by molar-refractivity contribution is 7.86. The zero-order valence-electron chi connectivity index (χ0n) is 6.87. The van der Waals surface area contributed by atoms with Crippen molar-refractivity contribution < 1.29 is 22.2 Å². The number of halogens is 3. The number of carboxylic acids is 1. The molecule has 8 heteroatoms. The van der Waals surface area contributed by atoms with Gasteiger partial charge in [-0.25, -0.2) is 4.79 Å². The zero-order valence-corrected chi connectivity index (χ0v) is 9.20. The molecule has 0 heterocycles. The van der Waals surface area contributed by atoms with E-state index in [-0.39, 0.29) is 5.56 Å². The number of rotatable bonds is 2. The molecule has 0 unspecified atom stereocenters. The van der Waals surface area contributed by atoms with Crippen molar-refractivity contribution in [3.8, 4) is 0 Å². The first-order chi connectivity index (χ1) is 6.73. The molecule has 0 bridgehead atoms. The Morgan fingerprint density at radius 2 is 1.67 bits per heavy atom. The lowest BCUT2D eigenvalue weighted by Crippen LogP contribution is -2.00. The van der Waals surface area contributed by atoms with E-state index in [1.54, 1.807) is 0 Å². The van der Waals surface area contributed by atoms with Crippen LogP contribution in [0.1, 0.15) is 10.4 Å². The van der Waals surface area contributed by atoms with Gasteiger partial charge in [0.15, 0.2) is 0 Å². The van der Waals surface area contributed by atoms with Crippen LogP contribution >= 0.6 is 23.2 Å². The summed E-state index contributed by atoms with van der Waals surface area (Å²) < 4.78 is 33.8. The standard InChI is InChI=1S/C7H3Cl2FO4S/c8-4-1-3(7(11)12)2-5(9)6(4)15(10,13)14/h1-2H,(H,11,12). The molecule has 82 valence electrons. The van der Waals surface area contributed by atoms with Gasteiger partial charge in [0.25, 0.3) is 0 Å². The maximum absolute atomic E-state index is 12.6. The first-order valence-electron chi connectivity index (χ1n) is 3.40. The van der Waals surface area contributed by atoms with Crippen molar-refractivity contribution in [1.82, 2.24) is 0 Å². The fourth-order valence-electron chi connectivity index (χ4n) is 0.916. The summed E-state index contributed by atoms with van der Waals surface area (Å²) in [6.07, 6.45) is 0. The third-order valence-electron chi connectivity index (χ3n) is 1.49. The van der Waals surface area contributed by atoms with Gasteiger partial charge >= 0.3 is 16.2 Å². The van der Waals surface area contributed by atoms with Gasteiger partial charge in [0.1, 0.15) is 4.90 Å². The largest absolute Gasteiger partial charge is 0.478 e. The molecular weight excluding hydrogens is 270 g/mol. The molecule has 1 N–H and O–H groups in total. The molecule has 15 heavy (non-hydrogen) atoms. The van der Waals surface area contributed by atoms with Gasteiger partial charge in [0.2, 0.25) is 0 Å². The van der Waals surface area contributed by atoms with E-state index in [9.17, 15) is 17.1 Å². The molecule has 0 aromatic heterocycles. The second-order valence-corrected chi connectivity index (χ2v) is 4.61. The van der Waals surface area contributed by atoms with Crippen LogP contribution in [0.3, 0.4) is 0 Å². The van der Waals surface area contributed by atoms with Crippen LogP contribution in [0, 0.1) is 0 Å². The second kappa shape index (κ2) is 3.96. The quantitative estimate of drug-likeness (QED) is 0.839. The summed E-state index contributed by atoms with van der Waals surface area (Å²) in [5.41, 5.74) is -0.322. The van der Waals surface area contributed by atoms with Gasteiger partial charge < -0.3 is 5.11 Å². The van der Waals surface area contributed by atoms with Gasteiger partial charge in [-0.2, -0.15) is 8.42 Å². The van der Waals surface area contributed by atoms with Crippen molar-refractivity contribution in [3.05, 3.63) is 27.7 Å². The van der Waals surface area contributed by atoms with E-state index in [0.29, 0.717) is 0 Å². The van der Waals surface area contributed by atoms with Gasteiger partial charge in [-0.3, -0.25) is 0 Å². The lowest BCUT2D eigenvalue weighted by Gasteiger charge is -2.03. The molecule has 0 spiro atoms. The predicted molar refractivity (Wildman–Crippen MR) is 51.7 cm³/mol. The Labute approximate surface area is 94.4 Å². The molecule has 4 nitrogen and oxygen atoms in total. The lowest BCUT2D eigenvalue weighted by atomic mass is 10.2. The number of carboxylic acid groups (broad SMARTS) is 1. The molecular formula is C7H3Cl2FO4S. The highest BCUT2D eigenvalue weighted by atomic mass is 35.5. The Bertz CT molecular complexity index is 503. The van der Waals surface area contributed by atoms with E-state index in [1.807, 2.05) is 0 Å². The van der Waals surface area contributed by atoms with Crippen LogP contribution in [0.15, 0.2) is 17.0 Å². The van der Waals surface area contributed by atoms with Crippen LogP contribution in [0.25, 0.3) is 0 Å². The summed E-state index contributed by atoms with van der Waals surface area (Å²) in [5.74, 6) is -1.35. The van der Waals surface area contributed by atoms with Gasteiger partial charge in [0.05, 0.1) is 15.6 Å². The SMILES string of the molecule is O=C(O)c1cc(Cl)c(S(=O)(=O)F)c(Cl)c1. The van der Waals surface area contributed by atoms with Gasteiger partial charge in [-0.05, 0) is 12.1 Å². The number of hydrogen-bond acceptors (Lipinski definition) is 3. The van der Waals surface area contributed by atoms with Crippen molar-refractivity contribution in [2.24, 2.45) is 0 Å². The number of aromatic carboxylic acids is 1. The molecule has 0 saturated heterocycles. The van der Waals surface area contributed by atoms with Gasteiger partial charge in [0, 0.05) is 0 Å². The van der Waals surface area contributed by atoms with Crippen LogP contribution in [0.4, 0.5) is 3.89 Å². The highest BCUT2D eigenvalue weighted by Gasteiger charge is 2.22. The summed E-state index contributed by atoms with van der Waals surface area (Å²) in [5, 5.41) is 7.43. The maximum Gasteiger partial charge on any atom is 0.335 e. The molecule has 1 aromatic carbocycles. The maximum atomic E-state index is 12.6. The first kappa shape index (κ1) is 12.2. The molecule has 0 atom stereocenters. The molecule has 0 aliphatic heterocycles. The Balaban J connectivity index is 3.55. The van der Waals surface area contributed by atoms with E-state index in [1.165, 1.54) is 0 Å². The van der Waals surface area contributed by atoms with Crippen LogP contribution in [0.5, 0.6) is 0 Å². The number of hydrogen-bond donors (Lipinski definition) is 1. The molecule has 1 rings (SSSR count). The van der Waals surface area contributed by atoms with Crippen molar-refractivity contribution in [1.29, 1.82) is 0 Å². The van der Waals surface area contributed by atoms with Crippen LogP contribution in [0.2, 0.25) is 10.0 Å². The van der Waals surface area contributed by atoms with Crippen molar-refractivity contribution in [2.45, 2.75) is 4.90 Å². The average molecular weight is 273 g/mol. The monoisotopic (exact) mass is 272 g/mol. The summed E-state index contributed by atoms with van der Waals surface area (Å²) in [7, 11) is -5.06. The minimum Gasteiger partial charge on any atom is -0.478 e. The Morgan fingerprint density at radius 3 is 1.93 bits per heavy atom. The number of carbonyl (C=O) groups is 1. The van der Waals surface area contributed by atoms with Crippen molar-refractivity contribution in [2.75, 3.05) is 0 Å². The Morgan fingerprint density at radius 1 is 1.27 bits per heavy atom. The predicted octanol–water partition coefficient (Wildman–Crippen LogP) is 2.35. The summed E-state index contributed by atoms with van der Waals surface area (Å²) in [4.78, 5) is 9.59. The third-order valence-corrected chi connectivity index (χ3v) is 3.24. The molecule has 0 aliphatic carbocycles. The zero-order chi connectivity index (χ0) is 11.8. The van der Waals surface area contributed by atoms with E-state index < -0.39 is 31.1 Å². The molecule has 0 saturated carbocycles. The first-order valence-corrected chi connectivity index (χ1v) is 5.54. The highest BCUT2D eigenvalue weighted by Crippen LogP contribution is 2.32. The van der Waals surface area contributed by atoms with Crippen molar-refractivity contribution in [3.63, 3.8) is 0 Å².